The van der Waals surface area contributed by atoms with E-state index in [9.17, 15) is 14.4 Å². The lowest BCUT2D eigenvalue weighted by molar-refractivity contribution is -0.167. The first-order valence-electron chi connectivity index (χ1n) is 33.2. The van der Waals surface area contributed by atoms with Gasteiger partial charge < -0.3 is 14.2 Å². The fraction of sp³-hybridized carbons (Fsp3) is 0.662. The summed E-state index contributed by atoms with van der Waals surface area (Å²) in [6.07, 6.45) is 94.7. The van der Waals surface area contributed by atoms with Crippen LogP contribution < -0.4 is 0 Å². The van der Waals surface area contributed by atoms with Crippen molar-refractivity contribution < 1.29 is 28.6 Å². The summed E-state index contributed by atoms with van der Waals surface area (Å²) < 4.78 is 16.9. The molecular formula is C74H122O6. The first-order valence-corrected chi connectivity index (χ1v) is 33.2. The predicted octanol–water partition coefficient (Wildman–Crippen LogP) is 22.9. The Labute approximate surface area is 494 Å². The van der Waals surface area contributed by atoms with E-state index in [2.05, 4.69) is 154 Å². The molecule has 0 saturated heterocycles. The van der Waals surface area contributed by atoms with Crippen molar-refractivity contribution >= 4 is 17.9 Å². The maximum atomic E-state index is 12.9. The highest BCUT2D eigenvalue weighted by Crippen LogP contribution is 2.16. The van der Waals surface area contributed by atoms with Gasteiger partial charge >= 0.3 is 17.9 Å². The minimum atomic E-state index is -0.791. The second kappa shape index (κ2) is 67.1. The molecule has 0 rings (SSSR count). The molecular weight excluding hydrogens is 985 g/mol. The van der Waals surface area contributed by atoms with E-state index >= 15 is 0 Å². The SMILES string of the molecule is CC/C=C\C/C=C\C/C=C\C/C=C\C/C=C\C/C=C\CCCCCCCCCCCCCCC(=O)OCC(COC(=O)CCCCCCC/C=C\CCC)OC(=O)CCCCCCCCCC/C=C\C/C=C\C/C=C\C/C=C\CC. The Balaban J connectivity index is 4.23. The molecule has 6 heteroatoms. The lowest BCUT2D eigenvalue weighted by Crippen LogP contribution is -2.30. The molecule has 0 bridgehead atoms. The molecule has 1 atom stereocenters. The van der Waals surface area contributed by atoms with Crippen molar-refractivity contribution in [3.8, 4) is 0 Å². The zero-order valence-corrected chi connectivity index (χ0v) is 52.0. The number of esters is 3. The standard InChI is InChI=1S/C74H122O6/c1-4-7-10-13-16-19-22-24-26-28-30-32-33-34-35-36-37-38-39-40-41-43-44-46-48-50-52-55-58-61-64-67-73(76)79-70-71(69-78-72(75)66-63-60-57-54-21-18-15-12-9-6-3)80-74(77)68-65-62-59-56-53-51-49-47-45-42-31-29-27-25-23-20-17-14-11-8-5-2/h7-8,10-12,15-17,19-20,24-27,30-32,34-35,37-38,42,71H,4-6,9,13-14,18,21-23,28-29,33,36,39-41,43-70H2,1-3H3/b10-7-,11-8-,15-12-,19-16-,20-17-,26-24-,27-25-,32-30-,35-34-,38-37-,42-31-. The molecule has 1 unspecified atom stereocenters. The summed E-state index contributed by atoms with van der Waals surface area (Å²) in [6, 6.07) is 0. The van der Waals surface area contributed by atoms with Gasteiger partial charge in [-0.1, -0.05) is 283 Å². The van der Waals surface area contributed by atoms with Crippen molar-refractivity contribution in [2.24, 2.45) is 0 Å². The number of carbonyl (C=O) groups excluding carboxylic acids is 3. The van der Waals surface area contributed by atoms with E-state index in [-0.39, 0.29) is 31.1 Å². The van der Waals surface area contributed by atoms with Gasteiger partial charge in [-0.15, -0.1) is 0 Å². The number of allylic oxidation sites excluding steroid dienone is 22. The Morgan fingerprint density at radius 2 is 0.487 bits per heavy atom. The van der Waals surface area contributed by atoms with E-state index < -0.39 is 6.10 Å². The summed E-state index contributed by atoms with van der Waals surface area (Å²) in [5, 5.41) is 0. The van der Waals surface area contributed by atoms with Crippen molar-refractivity contribution in [2.45, 2.75) is 303 Å². The summed E-state index contributed by atoms with van der Waals surface area (Å²) in [5.41, 5.74) is 0. The Bertz CT molecular complexity index is 1700. The molecule has 0 radical (unpaired) electrons. The molecule has 0 spiro atoms. The molecule has 0 heterocycles. The molecule has 80 heavy (non-hydrogen) atoms. The molecule has 0 amide bonds. The van der Waals surface area contributed by atoms with Gasteiger partial charge in [0, 0.05) is 19.3 Å². The zero-order valence-electron chi connectivity index (χ0n) is 52.0. The number of ether oxygens (including phenoxy) is 3. The predicted molar refractivity (Wildman–Crippen MR) is 348 cm³/mol. The van der Waals surface area contributed by atoms with Crippen LogP contribution in [0, 0.1) is 0 Å². The van der Waals surface area contributed by atoms with Gasteiger partial charge in [-0.2, -0.15) is 0 Å². The van der Waals surface area contributed by atoms with Gasteiger partial charge in [-0.05, 0) is 128 Å². The lowest BCUT2D eigenvalue weighted by Gasteiger charge is -2.18. The van der Waals surface area contributed by atoms with Crippen molar-refractivity contribution in [3.05, 3.63) is 134 Å². The Morgan fingerprint density at radius 1 is 0.263 bits per heavy atom. The molecule has 0 aliphatic carbocycles. The molecule has 0 fully saturated rings. The van der Waals surface area contributed by atoms with Crippen molar-refractivity contribution in [2.75, 3.05) is 13.2 Å². The fourth-order valence-electron chi connectivity index (χ4n) is 8.97. The molecule has 0 aliphatic rings. The van der Waals surface area contributed by atoms with Crippen molar-refractivity contribution in [1.29, 1.82) is 0 Å². The molecule has 0 aliphatic heterocycles. The minimum absolute atomic E-state index is 0.0870. The first kappa shape index (κ1) is 75.5. The van der Waals surface area contributed by atoms with Crippen LogP contribution in [0.1, 0.15) is 297 Å². The third kappa shape index (κ3) is 64.4. The van der Waals surface area contributed by atoms with Crippen LogP contribution in [-0.4, -0.2) is 37.2 Å². The van der Waals surface area contributed by atoms with Crippen molar-refractivity contribution in [1.82, 2.24) is 0 Å². The fourth-order valence-corrected chi connectivity index (χ4v) is 8.97. The smallest absolute Gasteiger partial charge is 0.306 e. The van der Waals surface area contributed by atoms with Gasteiger partial charge in [0.25, 0.3) is 0 Å². The molecule has 0 aromatic rings. The topological polar surface area (TPSA) is 78.9 Å². The number of hydrogen-bond acceptors (Lipinski definition) is 6. The lowest BCUT2D eigenvalue weighted by atomic mass is 10.0. The summed E-state index contributed by atoms with van der Waals surface area (Å²) in [7, 11) is 0. The van der Waals surface area contributed by atoms with E-state index in [4.69, 9.17) is 14.2 Å². The van der Waals surface area contributed by atoms with Gasteiger partial charge in [0.15, 0.2) is 6.10 Å². The van der Waals surface area contributed by atoms with E-state index in [1.165, 1.54) is 109 Å². The number of rotatable bonds is 59. The Morgan fingerprint density at radius 3 is 0.775 bits per heavy atom. The van der Waals surface area contributed by atoms with Crippen LogP contribution in [0.3, 0.4) is 0 Å². The van der Waals surface area contributed by atoms with Crippen LogP contribution in [0.15, 0.2) is 134 Å². The summed E-state index contributed by atoms with van der Waals surface area (Å²) in [5.74, 6) is -0.904. The van der Waals surface area contributed by atoms with Crippen LogP contribution in [-0.2, 0) is 28.6 Å². The second-order valence-corrected chi connectivity index (χ2v) is 21.6. The molecule has 0 aromatic carbocycles. The van der Waals surface area contributed by atoms with E-state index in [1.807, 2.05) is 0 Å². The maximum Gasteiger partial charge on any atom is 0.306 e. The van der Waals surface area contributed by atoms with Crippen LogP contribution in [0.25, 0.3) is 0 Å². The largest absolute Gasteiger partial charge is 0.462 e. The number of unbranched alkanes of at least 4 members (excludes halogenated alkanes) is 26. The third-order valence-corrected chi connectivity index (χ3v) is 13.9. The zero-order chi connectivity index (χ0) is 57.8. The molecule has 0 saturated carbocycles. The third-order valence-electron chi connectivity index (χ3n) is 13.9. The van der Waals surface area contributed by atoms with E-state index in [0.717, 1.165) is 148 Å². The maximum absolute atomic E-state index is 12.9. The van der Waals surface area contributed by atoms with Crippen LogP contribution in [0.2, 0.25) is 0 Å². The van der Waals surface area contributed by atoms with Crippen LogP contribution in [0.5, 0.6) is 0 Å². The minimum Gasteiger partial charge on any atom is -0.462 e. The first-order chi connectivity index (χ1) is 39.5. The van der Waals surface area contributed by atoms with Crippen molar-refractivity contribution in [3.63, 3.8) is 0 Å². The highest BCUT2D eigenvalue weighted by atomic mass is 16.6. The van der Waals surface area contributed by atoms with Crippen LogP contribution in [0.4, 0.5) is 0 Å². The second-order valence-electron chi connectivity index (χ2n) is 21.6. The average molecular weight is 1110 g/mol. The molecule has 0 aromatic heterocycles. The van der Waals surface area contributed by atoms with E-state index in [1.54, 1.807) is 0 Å². The van der Waals surface area contributed by atoms with Gasteiger partial charge in [0.1, 0.15) is 13.2 Å². The van der Waals surface area contributed by atoms with Gasteiger partial charge in [0.05, 0.1) is 0 Å². The van der Waals surface area contributed by atoms with Gasteiger partial charge in [-0.25, -0.2) is 0 Å². The quantitative estimate of drug-likeness (QED) is 0.0261. The summed E-state index contributed by atoms with van der Waals surface area (Å²) in [6.45, 7) is 6.35. The number of hydrogen-bond donors (Lipinski definition) is 0. The van der Waals surface area contributed by atoms with E-state index in [0.29, 0.717) is 19.3 Å². The van der Waals surface area contributed by atoms with Crippen LogP contribution >= 0.6 is 0 Å². The highest BCUT2D eigenvalue weighted by Gasteiger charge is 2.19. The average Bonchev–Trinajstić information content (AvgIpc) is 3.46. The summed E-state index contributed by atoms with van der Waals surface area (Å²) >= 11 is 0. The Kier molecular flexibility index (Phi) is 63.3. The molecule has 0 N–H and O–H groups in total. The summed E-state index contributed by atoms with van der Waals surface area (Å²) in [4.78, 5) is 38.3. The molecule has 6 nitrogen and oxygen atoms in total. The van der Waals surface area contributed by atoms with Gasteiger partial charge in [0.2, 0.25) is 0 Å². The molecule has 454 valence electrons. The monoisotopic (exact) mass is 1110 g/mol. The normalized spacial score (nSPS) is 13.0. The Hall–Kier alpha value is -4.45. The van der Waals surface area contributed by atoms with Gasteiger partial charge in [-0.3, -0.25) is 14.4 Å². The highest BCUT2D eigenvalue weighted by molar-refractivity contribution is 5.71. The number of carbonyl (C=O) groups is 3.